The number of esters is 1. The van der Waals surface area contributed by atoms with E-state index >= 15 is 0 Å². The molecule has 3 heteroatoms. The highest BCUT2D eigenvalue weighted by molar-refractivity contribution is 5.75. The number of aliphatic hydroxyl groups is 1. The van der Waals surface area contributed by atoms with Crippen LogP contribution in [0.25, 0.3) is 0 Å². The molecule has 0 spiro atoms. The predicted octanol–water partition coefficient (Wildman–Crippen LogP) is 2.44. The number of hydrogen-bond donors (Lipinski definition) is 1. The van der Waals surface area contributed by atoms with Crippen molar-refractivity contribution in [3.05, 3.63) is 12.2 Å². The lowest BCUT2D eigenvalue weighted by molar-refractivity contribution is -0.160. The van der Waals surface area contributed by atoms with Crippen molar-refractivity contribution in [2.75, 3.05) is 6.61 Å². The Balaban J connectivity index is 2.02. The molecule has 2 rings (SSSR count). The number of allylic oxidation sites excluding steroid dienone is 1. The van der Waals surface area contributed by atoms with Crippen molar-refractivity contribution >= 4 is 5.97 Å². The molecule has 96 valence electrons. The minimum Gasteiger partial charge on any atom is -0.465 e. The molecule has 3 nitrogen and oxygen atoms in total. The summed E-state index contributed by atoms with van der Waals surface area (Å²) in [7, 11) is 0. The Morgan fingerprint density at radius 3 is 2.76 bits per heavy atom. The first-order valence-electron chi connectivity index (χ1n) is 6.37. The molecule has 0 aromatic heterocycles. The zero-order valence-corrected chi connectivity index (χ0v) is 11.0. The van der Waals surface area contributed by atoms with Crippen LogP contribution < -0.4 is 0 Å². The maximum Gasteiger partial charge on any atom is 0.311 e. The van der Waals surface area contributed by atoms with E-state index in [1.54, 1.807) is 0 Å². The molecule has 0 bridgehead atoms. The van der Waals surface area contributed by atoms with Gasteiger partial charge in [0.1, 0.15) is 6.61 Å². The minimum atomic E-state index is -0.745. The Morgan fingerprint density at radius 2 is 2.12 bits per heavy atom. The zero-order chi connectivity index (χ0) is 12.7. The van der Waals surface area contributed by atoms with Gasteiger partial charge in [0.15, 0.2) is 0 Å². The summed E-state index contributed by atoms with van der Waals surface area (Å²) in [4.78, 5) is 11.8. The normalized spacial score (nSPS) is 36.0. The van der Waals surface area contributed by atoms with E-state index in [1.807, 2.05) is 32.9 Å². The molecule has 0 radical (unpaired) electrons. The molecular formula is C14H22O3. The molecule has 0 saturated heterocycles. The Hall–Kier alpha value is -0.830. The molecule has 0 aromatic rings. The van der Waals surface area contributed by atoms with Crippen LogP contribution in [0.1, 0.15) is 46.5 Å². The van der Waals surface area contributed by atoms with Crippen molar-refractivity contribution in [2.24, 2.45) is 10.8 Å². The number of carbonyl (C=O) groups is 1. The standard InChI is InChI=1S/C14H22O3/c1-12(2,3)11(15)17-10-13-6-4-8-14(13,16)9-5-7-13/h4,8,16H,5-7,9-10H2,1-3H3/t13-,14-/m0/s1. The van der Waals surface area contributed by atoms with Crippen LogP contribution in [-0.2, 0) is 9.53 Å². The van der Waals surface area contributed by atoms with Crippen molar-refractivity contribution in [1.29, 1.82) is 0 Å². The van der Waals surface area contributed by atoms with Crippen molar-refractivity contribution in [2.45, 2.75) is 52.1 Å². The van der Waals surface area contributed by atoms with Crippen LogP contribution in [0.4, 0.5) is 0 Å². The molecule has 2 aliphatic carbocycles. The van der Waals surface area contributed by atoms with Crippen LogP contribution >= 0.6 is 0 Å². The van der Waals surface area contributed by atoms with E-state index in [4.69, 9.17) is 4.74 Å². The maximum absolute atomic E-state index is 11.8. The van der Waals surface area contributed by atoms with Crippen molar-refractivity contribution in [1.82, 2.24) is 0 Å². The number of hydrogen-bond acceptors (Lipinski definition) is 3. The van der Waals surface area contributed by atoms with Crippen LogP contribution in [0.3, 0.4) is 0 Å². The van der Waals surface area contributed by atoms with Crippen LogP contribution in [-0.4, -0.2) is 23.3 Å². The first kappa shape index (κ1) is 12.6. The summed E-state index contributed by atoms with van der Waals surface area (Å²) < 4.78 is 5.42. The summed E-state index contributed by atoms with van der Waals surface area (Å²) in [6.07, 6.45) is 7.47. The highest BCUT2D eigenvalue weighted by Crippen LogP contribution is 2.53. The van der Waals surface area contributed by atoms with Gasteiger partial charge in [0, 0.05) is 5.41 Å². The highest BCUT2D eigenvalue weighted by atomic mass is 16.5. The van der Waals surface area contributed by atoms with E-state index in [2.05, 4.69) is 0 Å². The Labute approximate surface area is 103 Å². The van der Waals surface area contributed by atoms with Crippen molar-refractivity contribution in [3.63, 3.8) is 0 Å². The number of fused-ring (bicyclic) bond motifs is 1. The summed E-state index contributed by atoms with van der Waals surface area (Å²) in [6.45, 7) is 5.88. The van der Waals surface area contributed by atoms with Crippen LogP contribution in [0.15, 0.2) is 12.2 Å². The van der Waals surface area contributed by atoms with Crippen LogP contribution in [0.5, 0.6) is 0 Å². The van der Waals surface area contributed by atoms with Crippen molar-refractivity contribution < 1.29 is 14.6 Å². The number of ether oxygens (including phenoxy) is 1. The lowest BCUT2D eigenvalue weighted by Gasteiger charge is -2.36. The summed E-state index contributed by atoms with van der Waals surface area (Å²) in [5, 5.41) is 10.5. The molecule has 0 unspecified atom stereocenters. The molecule has 0 heterocycles. The average Bonchev–Trinajstić information content (AvgIpc) is 2.66. The monoisotopic (exact) mass is 238 g/mol. The maximum atomic E-state index is 11.8. The van der Waals surface area contributed by atoms with Gasteiger partial charge in [0.25, 0.3) is 0 Å². The summed E-state index contributed by atoms with van der Waals surface area (Å²) in [5.74, 6) is -0.187. The fourth-order valence-corrected chi connectivity index (χ4v) is 2.87. The topological polar surface area (TPSA) is 46.5 Å². The zero-order valence-electron chi connectivity index (χ0n) is 11.0. The Bertz CT molecular complexity index is 353. The second-order valence-electron chi connectivity index (χ2n) is 6.49. The quantitative estimate of drug-likeness (QED) is 0.593. The largest absolute Gasteiger partial charge is 0.465 e. The molecule has 1 saturated carbocycles. The van der Waals surface area contributed by atoms with E-state index in [0.29, 0.717) is 6.61 Å². The predicted molar refractivity (Wildman–Crippen MR) is 65.4 cm³/mol. The Kier molecular flexibility index (Phi) is 2.85. The fraction of sp³-hybridized carbons (Fsp3) is 0.786. The molecular weight excluding hydrogens is 216 g/mol. The minimum absolute atomic E-state index is 0.187. The second kappa shape index (κ2) is 3.84. The lowest BCUT2D eigenvalue weighted by atomic mass is 9.77. The summed E-state index contributed by atoms with van der Waals surface area (Å²) >= 11 is 0. The third kappa shape index (κ3) is 2.01. The van der Waals surface area contributed by atoms with Gasteiger partial charge in [-0.1, -0.05) is 12.2 Å². The van der Waals surface area contributed by atoms with Gasteiger partial charge < -0.3 is 9.84 Å². The molecule has 1 fully saturated rings. The lowest BCUT2D eigenvalue weighted by Crippen LogP contribution is -2.43. The van der Waals surface area contributed by atoms with Gasteiger partial charge >= 0.3 is 5.97 Å². The summed E-state index contributed by atoms with van der Waals surface area (Å²) in [6, 6.07) is 0. The van der Waals surface area contributed by atoms with Crippen molar-refractivity contribution in [3.8, 4) is 0 Å². The average molecular weight is 238 g/mol. The van der Waals surface area contributed by atoms with Gasteiger partial charge in [-0.05, 0) is 46.5 Å². The van der Waals surface area contributed by atoms with Crippen LogP contribution in [0, 0.1) is 10.8 Å². The number of carbonyl (C=O) groups excluding carboxylic acids is 1. The van der Waals surface area contributed by atoms with Gasteiger partial charge in [-0.15, -0.1) is 0 Å². The van der Waals surface area contributed by atoms with Crippen LogP contribution in [0.2, 0.25) is 0 Å². The SMILES string of the molecule is CC(C)(C)C(=O)OC[C@@]12CC=C[C@]1(O)CCC2. The van der Waals surface area contributed by atoms with Gasteiger partial charge in [0.2, 0.25) is 0 Å². The van der Waals surface area contributed by atoms with E-state index in [0.717, 1.165) is 25.7 Å². The van der Waals surface area contributed by atoms with Gasteiger partial charge in [-0.2, -0.15) is 0 Å². The highest BCUT2D eigenvalue weighted by Gasteiger charge is 2.55. The third-order valence-electron chi connectivity index (χ3n) is 4.13. The molecule has 17 heavy (non-hydrogen) atoms. The first-order valence-corrected chi connectivity index (χ1v) is 6.37. The van der Waals surface area contributed by atoms with E-state index in [-0.39, 0.29) is 11.4 Å². The van der Waals surface area contributed by atoms with E-state index in [9.17, 15) is 9.90 Å². The first-order chi connectivity index (χ1) is 7.79. The second-order valence-corrected chi connectivity index (χ2v) is 6.49. The third-order valence-corrected chi connectivity index (χ3v) is 4.13. The molecule has 0 amide bonds. The van der Waals surface area contributed by atoms with E-state index < -0.39 is 11.0 Å². The van der Waals surface area contributed by atoms with Gasteiger partial charge in [-0.25, -0.2) is 0 Å². The number of rotatable bonds is 2. The molecule has 1 N–H and O–H groups in total. The van der Waals surface area contributed by atoms with Gasteiger partial charge in [-0.3, -0.25) is 4.79 Å². The van der Waals surface area contributed by atoms with Gasteiger partial charge in [0.05, 0.1) is 11.0 Å². The molecule has 0 aromatic carbocycles. The smallest absolute Gasteiger partial charge is 0.311 e. The molecule has 0 aliphatic heterocycles. The summed E-state index contributed by atoms with van der Waals surface area (Å²) in [5.41, 5.74) is -1.47. The molecule has 2 atom stereocenters. The fourth-order valence-electron chi connectivity index (χ4n) is 2.87. The Morgan fingerprint density at radius 1 is 1.41 bits per heavy atom. The van der Waals surface area contributed by atoms with E-state index in [1.165, 1.54) is 0 Å². The molecule has 2 aliphatic rings.